The van der Waals surface area contributed by atoms with Crippen molar-refractivity contribution in [3.63, 3.8) is 0 Å². The van der Waals surface area contributed by atoms with Gasteiger partial charge in [-0.05, 0) is 25.1 Å². The zero-order chi connectivity index (χ0) is 10.3. The molecular formula is C8H20O3SSi. The quantitative estimate of drug-likeness (QED) is 0.507. The molecule has 0 aromatic rings. The van der Waals surface area contributed by atoms with E-state index in [-0.39, 0.29) is 12.1 Å². The van der Waals surface area contributed by atoms with Crippen LogP contribution in [0, 0.1) is 0 Å². The van der Waals surface area contributed by atoms with Crippen LogP contribution < -0.4 is 0 Å². The highest BCUT2D eigenvalue weighted by Gasteiger charge is 2.38. The molecule has 0 aliphatic rings. The average Bonchev–Trinajstić information content (AvgIpc) is 2.18. The van der Waals surface area contributed by atoms with Crippen molar-refractivity contribution in [3.8, 4) is 0 Å². The Balaban J connectivity index is 4.16. The number of rotatable bonds is 7. The predicted molar refractivity (Wildman–Crippen MR) is 59.6 cm³/mol. The summed E-state index contributed by atoms with van der Waals surface area (Å²) in [6, 6.07) is 0. The van der Waals surface area contributed by atoms with E-state index in [4.69, 9.17) is 8.85 Å². The molecule has 0 saturated heterocycles. The van der Waals surface area contributed by atoms with Crippen LogP contribution in [0.4, 0.5) is 0 Å². The van der Waals surface area contributed by atoms with E-state index < -0.39 is 8.56 Å². The molecule has 1 N–H and O–H groups in total. The SMILES string of the molecule is CO[Si](C)(OC)C(CO)CCCS. The molecule has 0 saturated carbocycles. The second kappa shape index (κ2) is 6.84. The number of thiol groups is 1. The van der Waals surface area contributed by atoms with Crippen molar-refractivity contribution in [2.24, 2.45) is 0 Å². The highest BCUT2D eigenvalue weighted by Crippen LogP contribution is 2.27. The molecule has 1 unspecified atom stereocenters. The van der Waals surface area contributed by atoms with Crippen LogP contribution in [-0.2, 0) is 8.85 Å². The van der Waals surface area contributed by atoms with Crippen LogP contribution in [0.1, 0.15) is 12.8 Å². The van der Waals surface area contributed by atoms with Crippen molar-refractivity contribution in [1.29, 1.82) is 0 Å². The van der Waals surface area contributed by atoms with E-state index in [9.17, 15) is 5.11 Å². The first-order valence-corrected chi connectivity index (χ1v) is 7.49. The first-order valence-electron chi connectivity index (χ1n) is 4.46. The minimum atomic E-state index is -2.15. The third-order valence-corrected chi connectivity index (χ3v) is 6.38. The molecule has 0 aromatic carbocycles. The van der Waals surface area contributed by atoms with Gasteiger partial charge in [0.15, 0.2) is 0 Å². The van der Waals surface area contributed by atoms with E-state index in [1.54, 1.807) is 14.2 Å². The van der Waals surface area contributed by atoms with Gasteiger partial charge in [-0.1, -0.05) is 0 Å². The highest BCUT2D eigenvalue weighted by molar-refractivity contribution is 7.80. The Morgan fingerprint density at radius 2 is 1.92 bits per heavy atom. The average molecular weight is 224 g/mol. The summed E-state index contributed by atoms with van der Waals surface area (Å²) in [5, 5.41) is 9.20. The van der Waals surface area contributed by atoms with E-state index in [0.29, 0.717) is 0 Å². The van der Waals surface area contributed by atoms with Crippen LogP contribution in [-0.4, -0.2) is 40.2 Å². The van der Waals surface area contributed by atoms with Crippen LogP contribution >= 0.6 is 12.6 Å². The van der Waals surface area contributed by atoms with Crippen molar-refractivity contribution in [3.05, 3.63) is 0 Å². The summed E-state index contributed by atoms with van der Waals surface area (Å²) in [6.45, 7) is 2.12. The summed E-state index contributed by atoms with van der Waals surface area (Å²) in [6.07, 6.45) is 1.91. The number of hydrogen-bond acceptors (Lipinski definition) is 4. The summed E-state index contributed by atoms with van der Waals surface area (Å²) in [4.78, 5) is 0. The molecule has 5 heteroatoms. The van der Waals surface area contributed by atoms with E-state index in [1.807, 2.05) is 6.55 Å². The van der Waals surface area contributed by atoms with Gasteiger partial charge in [0.25, 0.3) is 0 Å². The molecule has 0 aliphatic heterocycles. The lowest BCUT2D eigenvalue weighted by molar-refractivity contribution is 0.199. The van der Waals surface area contributed by atoms with Gasteiger partial charge in [0.1, 0.15) is 0 Å². The molecular weight excluding hydrogens is 204 g/mol. The van der Waals surface area contributed by atoms with E-state index in [0.717, 1.165) is 18.6 Å². The van der Waals surface area contributed by atoms with Gasteiger partial charge in [-0.2, -0.15) is 12.6 Å². The molecule has 0 aromatic heterocycles. The van der Waals surface area contributed by atoms with Crippen molar-refractivity contribution >= 4 is 21.2 Å². The third-order valence-electron chi connectivity index (χ3n) is 2.48. The smallest absolute Gasteiger partial charge is 0.339 e. The van der Waals surface area contributed by atoms with Gasteiger partial charge in [0.2, 0.25) is 0 Å². The van der Waals surface area contributed by atoms with Gasteiger partial charge in [-0.25, -0.2) is 0 Å². The number of aliphatic hydroxyl groups excluding tert-OH is 1. The molecule has 0 radical (unpaired) electrons. The lowest BCUT2D eigenvalue weighted by atomic mass is 10.2. The first kappa shape index (κ1) is 13.4. The van der Waals surface area contributed by atoms with Crippen molar-refractivity contribution in [2.45, 2.75) is 24.9 Å². The Labute approximate surface area is 87.1 Å². The highest BCUT2D eigenvalue weighted by atomic mass is 32.1. The first-order chi connectivity index (χ1) is 6.14. The summed E-state index contributed by atoms with van der Waals surface area (Å²) < 4.78 is 10.7. The molecule has 1 atom stereocenters. The number of aliphatic hydroxyl groups is 1. The van der Waals surface area contributed by atoms with Gasteiger partial charge in [-0.15, -0.1) is 0 Å². The topological polar surface area (TPSA) is 38.7 Å². The molecule has 0 amide bonds. The summed E-state index contributed by atoms with van der Waals surface area (Å²) in [7, 11) is 1.16. The van der Waals surface area contributed by atoms with Gasteiger partial charge >= 0.3 is 8.56 Å². The molecule has 0 aliphatic carbocycles. The lowest BCUT2D eigenvalue weighted by Crippen LogP contribution is -2.43. The monoisotopic (exact) mass is 224 g/mol. The van der Waals surface area contributed by atoms with Crippen LogP contribution in [0.2, 0.25) is 12.1 Å². The zero-order valence-electron chi connectivity index (χ0n) is 8.62. The Morgan fingerprint density at radius 1 is 1.38 bits per heavy atom. The molecule has 3 nitrogen and oxygen atoms in total. The maximum absolute atomic E-state index is 9.20. The zero-order valence-corrected chi connectivity index (χ0v) is 10.5. The fraction of sp³-hybridized carbons (Fsp3) is 1.00. The van der Waals surface area contributed by atoms with Crippen molar-refractivity contribution in [1.82, 2.24) is 0 Å². The predicted octanol–water partition coefficient (Wildman–Crippen LogP) is 1.42. The summed E-state index contributed by atoms with van der Waals surface area (Å²) in [5.74, 6) is 0.842. The van der Waals surface area contributed by atoms with Gasteiger partial charge < -0.3 is 14.0 Å². The fourth-order valence-electron chi connectivity index (χ4n) is 1.27. The van der Waals surface area contributed by atoms with Crippen LogP contribution in [0.3, 0.4) is 0 Å². The molecule has 0 fully saturated rings. The van der Waals surface area contributed by atoms with Gasteiger partial charge in [0, 0.05) is 26.4 Å². The summed E-state index contributed by atoms with van der Waals surface area (Å²) in [5.41, 5.74) is 0.148. The van der Waals surface area contributed by atoms with E-state index >= 15 is 0 Å². The van der Waals surface area contributed by atoms with Crippen LogP contribution in [0.5, 0.6) is 0 Å². The Hall–Kier alpha value is 0.447. The molecule has 0 heterocycles. The molecule has 0 spiro atoms. The Morgan fingerprint density at radius 3 is 2.23 bits per heavy atom. The third kappa shape index (κ3) is 3.99. The molecule has 80 valence electrons. The lowest BCUT2D eigenvalue weighted by Gasteiger charge is -2.30. The maximum atomic E-state index is 9.20. The van der Waals surface area contributed by atoms with Crippen molar-refractivity contribution < 1.29 is 14.0 Å². The van der Waals surface area contributed by atoms with Gasteiger partial charge in [-0.3, -0.25) is 0 Å². The Bertz CT molecular complexity index is 131. The largest absolute Gasteiger partial charge is 0.398 e. The van der Waals surface area contributed by atoms with Gasteiger partial charge in [0.05, 0.1) is 0 Å². The second-order valence-corrected chi connectivity index (χ2v) is 7.28. The normalized spacial score (nSPS) is 14.5. The molecule has 13 heavy (non-hydrogen) atoms. The van der Waals surface area contributed by atoms with Crippen LogP contribution in [0.25, 0.3) is 0 Å². The van der Waals surface area contributed by atoms with E-state index in [1.165, 1.54) is 0 Å². The standard InChI is InChI=1S/C8H20O3SSi/c1-10-13(3,11-2)8(7-9)5-4-6-12/h8-9,12H,4-7H2,1-3H3. The van der Waals surface area contributed by atoms with Crippen LogP contribution in [0.15, 0.2) is 0 Å². The fourth-order valence-corrected chi connectivity index (χ4v) is 3.35. The molecule has 0 bridgehead atoms. The second-order valence-electron chi connectivity index (χ2n) is 3.17. The number of hydrogen-bond donors (Lipinski definition) is 2. The molecule has 0 rings (SSSR count). The summed E-state index contributed by atoms with van der Waals surface area (Å²) >= 11 is 4.14. The van der Waals surface area contributed by atoms with Crippen molar-refractivity contribution in [2.75, 3.05) is 26.6 Å². The Kier molecular flexibility index (Phi) is 7.07. The van der Waals surface area contributed by atoms with E-state index in [2.05, 4.69) is 12.6 Å². The minimum Gasteiger partial charge on any atom is -0.398 e. The minimum absolute atomic E-state index is 0.137. The maximum Gasteiger partial charge on any atom is 0.339 e.